The van der Waals surface area contributed by atoms with Gasteiger partial charge in [-0.25, -0.2) is 9.48 Å². The summed E-state index contributed by atoms with van der Waals surface area (Å²) in [6.45, 7) is 7.57. The molecule has 1 atom stereocenters. The normalized spacial score (nSPS) is 12.2. The quantitative estimate of drug-likeness (QED) is 0.0522. The van der Waals surface area contributed by atoms with Crippen LogP contribution in [0.25, 0.3) is 10.9 Å². The maximum absolute atomic E-state index is 13.7. The molecule has 0 aliphatic carbocycles. The second-order valence-electron chi connectivity index (χ2n) is 12.1. The van der Waals surface area contributed by atoms with Gasteiger partial charge in [0.15, 0.2) is 11.8 Å². The van der Waals surface area contributed by atoms with E-state index in [0.717, 1.165) is 19.3 Å². The first-order valence-corrected chi connectivity index (χ1v) is 15.8. The molecule has 1 amide bonds. The summed E-state index contributed by atoms with van der Waals surface area (Å²) in [7, 11) is 0. The predicted octanol–water partition coefficient (Wildman–Crippen LogP) is 8.47. The molecule has 10 nitrogen and oxygen atoms in total. The molecule has 1 unspecified atom stereocenters. The van der Waals surface area contributed by atoms with Crippen molar-refractivity contribution in [3.8, 4) is 0 Å². The Kier molecular flexibility index (Phi) is 12.9. The monoisotopic (exact) mass is 626 g/mol. The number of carbonyl (C=O) groups excluding carboxylic acids is 3. The summed E-state index contributed by atoms with van der Waals surface area (Å²) in [5, 5.41) is 18.7. The van der Waals surface area contributed by atoms with Crippen molar-refractivity contribution in [3.63, 3.8) is 0 Å². The van der Waals surface area contributed by atoms with Gasteiger partial charge in [0, 0.05) is 22.9 Å². The van der Waals surface area contributed by atoms with E-state index in [0.29, 0.717) is 17.5 Å². The number of rotatable bonds is 17. The molecular formula is C33H43ClN4O6. The highest BCUT2D eigenvalue weighted by molar-refractivity contribution is 6.34. The number of halogens is 1. The van der Waals surface area contributed by atoms with Crippen LogP contribution in [0.3, 0.4) is 0 Å². The van der Waals surface area contributed by atoms with E-state index < -0.39 is 34.0 Å². The van der Waals surface area contributed by atoms with Crippen LogP contribution in [0.2, 0.25) is 5.02 Å². The van der Waals surface area contributed by atoms with Crippen LogP contribution in [0.5, 0.6) is 0 Å². The molecule has 2 aromatic carbocycles. The number of fused-ring (bicyclic) bond motifs is 1. The van der Waals surface area contributed by atoms with Gasteiger partial charge < -0.3 is 10.1 Å². The second-order valence-corrected chi connectivity index (χ2v) is 12.5. The Labute approximate surface area is 263 Å². The fourth-order valence-electron chi connectivity index (χ4n) is 4.90. The molecule has 0 fully saturated rings. The predicted molar refractivity (Wildman–Crippen MR) is 172 cm³/mol. The molecule has 3 aromatic rings. The summed E-state index contributed by atoms with van der Waals surface area (Å²) >= 11 is 6.37. The molecule has 0 radical (unpaired) electrons. The number of hydrogen-bond donors (Lipinski definition) is 1. The third-order valence-electron chi connectivity index (χ3n) is 7.46. The van der Waals surface area contributed by atoms with Gasteiger partial charge in [-0.1, -0.05) is 97.1 Å². The highest BCUT2D eigenvalue weighted by Crippen LogP contribution is 2.31. The first kappa shape index (κ1) is 34.7. The van der Waals surface area contributed by atoms with E-state index in [1.807, 2.05) is 0 Å². The van der Waals surface area contributed by atoms with Gasteiger partial charge in [0.2, 0.25) is 0 Å². The van der Waals surface area contributed by atoms with Gasteiger partial charge >= 0.3 is 5.97 Å². The number of non-ortho nitro benzene ring substituents is 1. The van der Waals surface area contributed by atoms with Crippen molar-refractivity contribution in [3.05, 3.63) is 63.3 Å². The maximum Gasteiger partial charge on any atom is 0.338 e. The molecule has 1 aromatic heterocycles. The van der Waals surface area contributed by atoms with Gasteiger partial charge in [-0.05, 0) is 30.7 Å². The number of nitrogens with zero attached hydrogens (tertiary/aromatic N) is 3. The summed E-state index contributed by atoms with van der Waals surface area (Å²) in [5.74, 6) is -1.68. The summed E-state index contributed by atoms with van der Waals surface area (Å²) in [6.07, 6.45) is 13.1. The van der Waals surface area contributed by atoms with E-state index in [1.165, 1.54) is 92.2 Å². The number of aromatic nitrogens is 2. The Morgan fingerprint density at radius 2 is 1.61 bits per heavy atom. The van der Waals surface area contributed by atoms with Crippen molar-refractivity contribution in [1.82, 2.24) is 9.78 Å². The Hall–Kier alpha value is -3.79. The highest BCUT2D eigenvalue weighted by Gasteiger charge is 2.38. The molecule has 238 valence electrons. The number of Topliss-reactive ketones (excluding diaryl/α,β-unsaturated/α-hetero) is 1. The van der Waals surface area contributed by atoms with Crippen molar-refractivity contribution in [2.45, 2.75) is 97.9 Å². The number of anilines is 1. The van der Waals surface area contributed by atoms with Crippen LogP contribution in [0, 0.1) is 15.5 Å². The molecule has 0 aliphatic rings. The number of amides is 1. The Balaban J connectivity index is 1.65. The van der Waals surface area contributed by atoms with Crippen LogP contribution in [0.15, 0.2) is 42.6 Å². The maximum atomic E-state index is 13.7. The van der Waals surface area contributed by atoms with Crippen LogP contribution in [0.1, 0.15) is 108 Å². The molecule has 44 heavy (non-hydrogen) atoms. The number of nitro groups is 1. The van der Waals surface area contributed by atoms with E-state index >= 15 is 0 Å². The average Bonchev–Trinajstić information content (AvgIpc) is 3.39. The van der Waals surface area contributed by atoms with E-state index in [2.05, 4.69) is 17.3 Å². The Bertz CT molecular complexity index is 1460. The van der Waals surface area contributed by atoms with Crippen molar-refractivity contribution >= 4 is 51.5 Å². The fourth-order valence-corrected chi connectivity index (χ4v) is 5.06. The van der Waals surface area contributed by atoms with E-state index in [1.54, 1.807) is 20.8 Å². The summed E-state index contributed by atoms with van der Waals surface area (Å²) in [6, 6.07) is 7.09. The molecule has 0 aliphatic heterocycles. The van der Waals surface area contributed by atoms with E-state index in [-0.39, 0.29) is 22.0 Å². The lowest BCUT2D eigenvalue weighted by Crippen LogP contribution is -2.39. The van der Waals surface area contributed by atoms with Crippen molar-refractivity contribution in [1.29, 1.82) is 0 Å². The summed E-state index contributed by atoms with van der Waals surface area (Å²) in [5.41, 5.74) is -0.325. The van der Waals surface area contributed by atoms with Crippen LogP contribution < -0.4 is 5.32 Å². The minimum Gasteiger partial charge on any atom is -0.462 e. The van der Waals surface area contributed by atoms with Crippen LogP contribution in [0.4, 0.5) is 11.4 Å². The lowest BCUT2D eigenvalue weighted by molar-refractivity contribution is -0.384. The topological polar surface area (TPSA) is 133 Å². The fraction of sp³-hybridized carbons (Fsp3) is 0.515. The number of nitrogens with one attached hydrogen (secondary N) is 1. The van der Waals surface area contributed by atoms with E-state index in [9.17, 15) is 24.5 Å². The third kappa shape index (κ3) is 9.61. The third-order valence-corrected chi connectivity index (χ3v) is 7.79. The molecule has 3 rings (SSSR count). The molecule has 0 saturated carbocycles. The number of ketones is 1. The van der Waals surface area contributed by atoms with E-state index in [4.69, 9.17) is 16.3 Å². The van der Waals surface area contributed by atoms with Crippen LogP contribution in [-0.4, -0.2) is 39.0 Å². The minimum atomic E-state index is -1.41. The first-order chi connectivity index (χ1) is 20.9. The molecule has 11 heteroatoms. The average molecular weight is 627 g/mol. The number of ether oxygens (including phenoxy) is 1. The van der Waals surface area contributed by atoms with Gasteiger partial charge in [-0.3, -0.25) is 19.7 Å². The molecular weight excluding hydrogens is 584 g/mol. The SMILES string of the molecule is CCCCCCCCCCCCOC(=O)c1ccc(Cl)c(NC(=O)C(C(=O)C(C)(C)C)n2ncc3cc([N+](=O)[O-])ccc32)c1. The first-order valence-electron chi connectivity index (χ1n) is 15.4. The van der Waals surface area contributed by atoms with Gasteiger partial charge in [-0.15, -0.1) is 0 Å². The molecule has 0 bridgehead atoms. The van der Waals surface area contributed by atoms with Gasteiger partial charge in [-0.2, -0.15) is 5.10 Å². The second kappa shape index (κ2) is 16.3. The number of nitro benzene ring substituents is 1. The molecule has 1 N–H and O–H groups in total. The molecule has 0 spiro atoms. The van der Waals surface area contributed by atoms with Crippen molar-refractivity contribution in [2.75, 3.05) is 11.9 Å². The zero-order valence-corrected chi connectivity index (χ0v) is 26.8. The highest BCUT2D eigenvalue weighted by atomic mass is 35.5. The van der Waals surface area contributed by atoms with Gasteiger partial charge in [0.1, 0.15) is 0 Å². The number of benzene rings is 2. The van der Waals surface area contributed by atoms with Crippen molar-refractivity contribution < 1.29 is 24.0 Å². The smallest absolute Gasteiger partial charge is 0.338 e. The standard InChI is InChI=1S/C33H43ClN4O6/c1-5-6-7-8-9-10-11-12-13-14-19-44-32(41)23-15-17-26(34)27(21-23)36-31(40)29(30(39)33(2,3)4)37-28-18-16-25(38(42)43)20-24(28)22-35-37/h15-18,20-22,29H,5-14,19H2,1-4H3,(H,36,40). The molecule has 0 saturated heterocycles. The Morgan fingerprint density at radius 1 is 0.977 bits per heavy atom. The number of carbonyl (C=O) groups is 3. The lowest BCUT2D eigenvalue weighted by atomic mass is 9.86. The lowest BCUT2D eigenvalue weighted by Gasteiger charge is -2.25. The number of unbranched alkanes of at least 4 members (excludes halogenated alkanes) is 9. The number of esters is 1. The van der Waals surface area contributed by atoms with Gasteiger partial charge in [0.05, 0.1) is 39.5 Å². The van der Waals surface area contributed by atoms with Crippen LogP contribution >= 0.6 is 11.6 Å². The molecule has 1 heterocycles. The Morgan fingerprint density at radius 3 is 2.23 bits per heavy atom. The largest absolute Gasteiger partial charge is 0.462 e. The van der Waals surface area contributed by atoms with Gasteiger partial charge in [0.25, 0.3) is 11.6 Å². The summed E-state index contributed by atoms with van der Waals surface area (Å²) < 4.78 is 6.70. The zero-order chi connectivity index (χ0) is 32.3. The minimum absolute atomic E-state index is 0.135. The van der Waals surface area contributed by atoms with Crippen molar-refractivity contribution in [2.24, 2.45) is 5.41 Å². The summed E-state index contributed by atoms with van der Waals surface area (Å²) in [4.78, 5) is 50.6. The van der Waals surface area contributed by atoms with Crippen LogP contribution in [-0.2, 0) is 14.3 Å². The number of hydrogen-bond acceptors (Lipinski definition) is 7. The zero-order valence-electron chi connectivity index (χ0n) is 26.1.